The molecule has 0 spiro atoms. The molecule has 0 saturated carbocycles. The first-order valence-electron chi connectivity index (χ1n) is 7.89. The van der Waals surface area contributed by atoms with Gasteiger partial charge >= 0.3 is 0 Å². The van der Waals surface area contributed by atoms with Crippen LogP contribution in [-0.2, 0) is 0 Å². The van der Waals surface area contributed by atoms with Crippen LogP contribution in [0.4, 0.5) is 0 Å². The molecule has 1 aliphatic heterocycles. The van der Waals surface area contributed by atoms with Gasteiger partial charge in [0.2, 0.25) is 0 Å². The molecule has 0 fully saturated rings. The van der Waals surface area contributed by atoms with Crippen molar-refractivity contribution in [2.45, 2.75) is 15.7 Å². The molecule has 0 amide bonds. The summed E-state index contributed by atoms with van der Waals surface area (Å²) in [6.45, 7) is 0. The molecule has 0 radical (unpaired) electrons. The van der Waals surface area contributed by atoms with Crippen molar-refractivity contribution in [1.82, 2.24) is 0 Å². The van der Waals surface area contributed by atoms with Gasteiger partial charge in [-0.25, -0.2) is 0 Å². The highest BCUT2D eigenvalue weighted by molar-refractivity contribution is 7.99. The van der Waals surface area contributed by atoms with Crippen LogP contribution in [0.3, 0.4) is 0 Å². The smallest absolute Gasteiger partial charge is 0.123 e. The molecule has 0 N–H and O–H groups in total. The number of rotatable bonds is 3. The minimum Gasteiger partial charge on any atom is -0.497 e. The molecule has 120 valence electrons. The number of benzene rings is 3. The van der Waals surface area contributed by atoms with E-state index in [9.17, 15) is 0 Å². The van der Waals surface area contributed by atoms with Crippen LogP contribution in [0.15, 0.2) is 76.5 Å². The van der Waals surface area contributed by atoms with Crippen LogP contribution in [0.5, 0.6) is 11.5 Å². The maximum atomic E-state index is 5.67. The minimum absolute atomic E-state index is 0.142. The predicted molar refractivity (Wildman–Crippen MR) is 97.5 cm³/mol. The number of hydrogen-bond acceptors (Lipinski definition) is 3. The molecule has 0 aromatic heterocycles. The average Bonchev–Trinajstić information content (AvgIpc) is 2.65. The Kier molecular flexibility index (Phi) is 3.95. The Hall–Kier alpha value is -2.39. The quantitative estimate of drug-likeness (QED) is 0.503. The lowest BCUT2D eigenvalue weighted by atomic mass is 9.84. The van der Waals surface area contributed by atoms with Crippen molar-refractivity contribution in [1.29, 1.82) is 0 Å². The molecule has 0 bridgehead atoms. The second-order valence-corrected chi connectivity index (χ2v) is 6.80. The SMILES string of the molecule is COc1ccc(OC)c(C2c3ccccc3Sc3ccccc32)c1. The molecule has 24 heavy (non-hydrogen) atoms. The summed E-state index contributed by atoms with van der Waals surface area (Å²) in [5, 5.41) is 0. The van der Waals surface area contributed by atoms with E-state index in [0.717, 1.165) is 17.1 Å². The molecule has 0 saturated heterocycles. The monoisotopic (exact) mass is 334 g/mol. The molecular formula is C21H18O2S. The Morgan fingerprint density at radius 1 is 0.708 bits per heavy atom. The van der Waals surface area contributed by atoms with E-state index in [4.69, 9.17) is 9.47 Å². The third-order valence-electron chi connectivity index (χ3n) is 4.43. The van der Waals surface area contributed by atoms with Gasteiger partial charge in [-0.15, -0.1) is 0 Å². The van der Waals surface area contributed by atoms with Crippen LogP contribution < -0.4 is 9.47 Å². The van der Waals surface area contributed by atoms with Crippen LogP contribution in [0, 0.1) is 0 Å². The van der Waals surface area contributed by atoms with Crippen molar-refractivity contribution >= 4 is 11.8 Å². The number of methoxy groups -OCH3 is 2. The van der Waals surface area contributed by atoms with Crippen LogP contribution in [0.1, 0.15) is 22.6 Å². The van der Waals surface area contributed by atoms with E-state index in [1.54, 1.807) is 14.2 Å². The van der Waals surface area contributed by atoms with Gasteiger partial charge in [-0.2, -0.15) is 0 Å². The first-order chi connectivity index (χ1) is 11.8. The molecule has 1 heterocycles. The van der Waals surface area contributed by atoms with E-state index in [1.165, 1.54) is 20.9 Å². The fourth-order valence-electron chi connectivity index (χ4n) is 3.31. The van der Waals surface area contributed by atoms with E-state index in [2.05, 4.69) is 54.6 Å². The van der Waals surface area contributed by atoms with Crippen molar-refractivity contribution in [3.63, 3.8) is 0 Å². The number of ether oxygens (including phenoxy) is 2. The van der Waals surface area contributed by atoms with Gasteiger partial charge in [0.15, 0.2) is 0 Å². The minimum atomic E-state index is 0.142. The van der Waals surface area contributed by atoms with E-state index < -0.39 is 0 Å². The van der Waals surface area contributed by atoms with Crippen molar-refractivity contribution < 1.29 is 9.47 Å². The first kappa shape index (κ1) is 15.2. The van der Waals surface area contributed by atoms with Crippen molar-refractivity contribution in [3.8, 4) is 11.5 Å². The van der Waals surface area contributed by atoms with Crippen LogP contribution in [0.25, 0.3) is 0 Å². The molecule has 3 aromatic rings. The first-order valence-corrected chi connectivity index (χ1v) is 8.71. The van der Waals surface area contributed by atoms with E-state index in [-0.39, 0.29) is 5.92 Å². The molecule has 0 aliphatic carbocycles. The summed E-state index contributed by atoms with van der Waals surface area (Å²) in [5.41, 5.74) is 3.76. The van der Waals surface area contributed by atoms with Gasteiger partial charge in [-0.1, -0.05) is 48.2 Å². The zero-order valence-corrected chi connectivity index (χ0v) is 14.5. The zero-order chi connectivity index (χ0) is 16.5. The van der Waals surface area contributed by atoms with Gasteiger partial charge in [-0.05, 0) is 41.5 Å². The number of fused-ring (bicyclic) bond motifs is 2. The fraction of sp³-hybridized carbons (Fsp3) is 0.143. The summed E-state index contributed by atoms with van der Waals surface area (Å²) < 4.78 is 11.1. The standard InChI is InChI=1S/C21H18O2S/c1-22-14-11-12-18(23-2)17(13-14)21-15-7-3-5-9-19(15)24-20-10-6-4-8-16(20)21/h3-13,21H,1-2H3. The van der Waals surface area contributed by atoms with Gasteiger partial charge in [0.1, 0.15) is 11.5 Å². The van der Waals surface area contributed by atoms with Crippen molar-refractivity contribution in [2.75, 3.05) is 14.2 Å². The predicted octanol–water partition coefficient (Wildman–Crippen LogP) is 5.35. The summed E-state index contributed by atoms with van der Waals surface area (Å²) >= 11 is 1.83. The van der Waals surface area contributed by atoms with Crippen LogP contribution in [-0.4, -0.2) is 14.2 Å². The van der Waals surface area contributed by atoms with Gasteiger partial charge in [0, 0.05) is 21.3 Å². The second kappa shape index (κ2) is 6.25. The van der Waals surface area contributed by atoms with Crippen molar-refractivity contribution in [3.05, 3.63) is 83.4 Å². The summed E-state index contributed by atoms with van der Waals surface area (Å²) in [6, 6.07) is 23.2. The average molecular weight is 334 g/mol. The molecule has 4 rings (SSSR count). The van der Waals surface area contributed by atoms with Gasteiger partial charge < -0.3 is 9.47 Å². The molecule has 3 heteroatoms. The van der Waals surface area contributed by atoms with E-state index in [1.807, 2.05) is 23.9 Å². The fourth-order valence-corrected chi connectivity index (χ4v) is 4.45. The van der Waals surface area contributed by atoms with Crippen LogP contribution >= 0.6 is 11.8 Å². The van der Waals surface area contributed by atoms with Gasteiger partial charge in [0.05, 0.1) is 14.2 Å². The lowest BCUT2D eigenvalue weighted by Crippen LogP contribution is -2.11. The highest BCUT2D eigenvalue weighted by Crippen LogP contribution is 2.50. The van der Waals surface area contributed by atoms with E-state index in [0.29, 0.717) is 0 Å². The zero-order valence-electron chi connectivity index (χ0n) is 13.7. The highest BCUT2D eigenvalue weighted by atomic mass is 32.2. The molecule has 3 aromatic carbocycles. The van der Waals surface area contributed by atoms with Crippen LogP contribution in [0.2, 0.25) is 0 Å². The Morgan fingerprint density at radius 2 is 1.33 bits per heavy atom. The Bertz CT molecular complexity index is 843. The summed E-state index contributed by atoms with van der Waals surface area (Å²) in [6.07, 6.45) is 0. The molecule has 0 atom stereocenters. The topological polar surface area (TPSA) is 18.5 Å². The highest BCUT2D eigenvalue weighted by Gasteiger charge is 2.29. The maximum Gasteiger partial charge on any atom is 0.123 e. The van der Waals surface area contributed by atoms with Gasteiger partial charge in [0.25, 0.3) is 0 Å². The Morgan fingerprint density at radius 3 is 1.92 bits per heavy atom. The summed E-state index contributed by atoms with van der Waals surface area (Å²) in [7, 11) is 3.42. The lowest BCUT2D eigenvalue weighted by Gasteiger charge is -2.29. The maximum absolute atomic E-state index is 5.67. The third-order valence-corrected chi connectivity index (χ3v) is 5.61. The normalized spacial score (nSPS) is 13.1. The lowest BCUT2D eigenvalue weighted by molar-refractivity contribution is 0.398. The molecule has 1 aliphatic rings. The summed E-state index contributed by atoms with van der Waals surface area (Å²) in [4.78, 5) is 2.59. The second-order valence-electron chi connectivity index (χ2n) is 5.72. The van der Waals surface area contributed by atoms with Crippen molar-refractivity contribution in [2.24, 2.45) is 0 Å². The largest absolute Gasteiger partial charge is 0.497 e. The molecular weight excluding hydrogens is 316 g/mol. The molecule has 2 nitrogen and oxygen atoms in total. The summed E-state index contributed by atoms with van der Waals surface area (Å²) in [5.74, 6) is 1.87. The Balaban J connectivity index is 1.98. The Labute approximate surface area is 146 Å². The molecule has 0 unspecified atom stereocenters. The number of hydrogen-bond donors (Lipinski definition) is 0. The third kappa shape index (κ3) is 2.45. The van der Waals surface area contributed by atoms with Gasteiger partial charge in [-0.3, -0.25) is 0 Å². The van der Waals surface area contributed by atoms with E-state index >= 15 is 0 Å².